The van der Waals surface area contributed by atoms with Gasteiger partial charge in [-0.15, -0.1) is 0 Å². The summed E-state index contributed by atoms with van der Waals surface area (Å²) < 4.78 is 5.52. The molecule has 1 aromatic rings. The van der Waals surface area contributed by atoms with E-state index < -0.39 is 0 Å². The van der Waals surface area contributed by atoms with Gasteiger partial charge in [-0.3, -0.25) is 0 Å². The Morgan fingerprint density at radius 3 is 2.17 bits per heavy atom. The van der Waals surface area contributed by atoms with E-state index in [1.54, 1.807) is 0 Å². The van der Waals surface area contributed by atoms with E-state index in [0.29, 0.717) is 0 Å². The Kier molecular flexibility index (Phi) is 3.15. The molecule has 12 heavy (non-hydrogen) atoms. The fourth-order valence-corrected chi connectivity index (χ4v) is 1.24. The van der Waals surface area contributed by atoms with Gasteiger partial charge in [0.15, 0.2) is 0 Å². The zero-order valence-corrected chi connectivity index (χ0v) is 8.05. The third kappa shape index (κ3) is 2.57. The van der Waals surface area contributed by atoms with Crippen LogP contribution in [0.5, 0.6) is 5.75 Å². The molecule has 0 atom stereocenters. The summed E-state index contributed by atoms with van der Waals surface area (Å²) >= 11 is 0. The topological polar surface area (TPSA) is 9.23 Å². The van der Waals surface area contributed by atoms with Crippen LogP contribution in [0.3, 0.4) is 0 Å². The number of hydrogen-bond acceptors (Lipinski definition) is 1. The fraction of sp³-hybridized carbons (Fsp3) is 0.455. The van der Waals surface area contributed by atoms with Gasteiger partial charge in [0, 0.05) is 0 Å². The van der Waals surface area contributed by atoms with Gasteiger partial charge in [0.25, 0.3) is 0 Å². The second-order valence-electron chi connectivity index (χ2n) is 3.17. The Morgan fingerprint density at radius 2 is 1.67 bits per heavy atom. The standard InChI is InChI=1S/C11H16O/c1-4-5-12-11-7-9(2)6-10(3)8-11/h6-8H,4-5H2,1-3H3. The summed E-state index contributed by atoms with van der Waals surface area (Å²) in [6.45, 7) is 7.10. The Balaban J connectivity index is 2.72. The van der Waals surface area contributed by atoms with E-state index in [2.05, 4.69) is 39.0 Å². The molecule has 0 saturated heterocycles. The van der Waals surface area contributed by atoms with Crippen molar-refractivity contribution in [2.45, 2.75) is 27.2 Å². The largest absolute Gasteiger partial charge is 0.494 e. The summed E-state index contributed by atoms with van der Waals surface area (Å²) in [6.07, 6.45) is 1.06. The maximum Gasteiger partial charge on any atom is 0.119 e. The van der Waals surface area contributed by atoms with Gasteiger partial charge in [-0.1, -0.05) is 13.0 Å². The highest BCUT2D eigenvalue weighted by Gasteiger charge is 1.94. The van der Waals surface area contributed by atoms with Crippen molar-refractivity contribution in [2.24, 2.45) is 0 Å². The van der Waals surface area contributed by atoms with Crippen molar-refractivity contribution in [1.82, 2.24) is 0 Å². The Bertz CT molecular complexity index is 233. The molecule has 1 aromatic carbocycles. The van der Waals surface area contributed by atoms with Crippen LogP contribution >= 0.6 is 0 Å². The molecular formula is C11H16O. The highest BCUT2D eigenvalue weighted by Crippen LogP contribution is 2.15. The summed E-state index contributed by atoms with van der Waals surface area (Å²) in [4.78, 5) is 0. The van der Waals surface area contributed by atoms with Crippen molar-refractivity contribution >= 4 is 0 Å². The van der Waals surface area contributed by atoms with Crippen LogP contribution in [0.15, 0.2) is 18.2 Å². The van der Waals surface area contributed by atoms with Crippen LogP contribution in [0.1, 0.15) is 24.5 Å². The predicted molar refractivity (Wildman–Crippen MR) is 51.7 cm³/mol. The van der Waals surface area contributed by atoms with E-state index in [4.69, 9.17) is 4.74 Å². The normalized spacial score (nSPS) is 9.92. The first-order valence-corrected chi connectivity index (χ1v) is 4.43. The maximum atomic E-state index is 5.52. The molecular weight excluding hydrogens is 148 g/mol. The molecule has 0 N–H and O–H groups in total. The third-order valence-corrected chi connectivity index (χ3v) is 1.67. The Morgan fingerprint density at radius 1 is 1.08 bits per heavy atom. The molecule has 0 spiro atoms. The van der Waals surface area contributed by atoms with Crippen LogP contribution < -0.4 is 4.74 Å². The molecule has 0 aliphatic carbocycles. The lowest BCUT2D eigenvalue weighted by Crippen LogP contribution is -1.95. The molecule has 0 aliphatic heterocycles. The first-order chi connectivity index (χ1) is 5.72. The first kappa shape index (κ1) is 9.11. The van der Waals surface area contributed by atoms with Crippen molar-refractivity contribution in [2.75, 3.05) is 6.61 Å². The van der Waals surface area contributed by atoms with E-state index in [0.717, 1.165) is 18.8 Å². The number of hydrogen-bond donors (Lipinski definition) is 0. The van der Waals surface area contributed by atoms with Gasteiger partial charge >= 0.3 is 0 Å². The van der Waals surface area contributed by atoms with Gasteiger partial charge in [0.05, 0.1) is 6.61 Å². The minimum Gasteiger partial charge on any atom is -0.494 e. The lowest BCUT2D eigenvalue weighted by Gasteiger charge is -2.06. The van der Waals surface area contributed by atoms with E-state index in [9.17, 15) is 0 Å². The van der Waals surface area contributed by atoms with E-state index in [-0.39, 0.29) is 0 Å². The summed E-state index contributed by atoms with van der Waals surface area (Å²) in [5.74, 6) is 0.995. The average Bonchev–Trinajstić information content (AvgIpc) is 1.99. The predicted octanol–water partition coefficient (Wildman–Crippen LogP) is 3.09. The summed E-state index contributed by atoms with van der Waals surface area (Å²) in [5.41, 5.74) is 2.53. The smallest absolute Gasteiger partial charge is 0.119 e. The van der Waals surface area contributed by atoms with Crippen molar-refractivity contribution < 1.29 is 4.74 Å². The zero-order chi connectivity index (χ0) is 8.97. The van der Waals surface area contributed by atoms with Gasteiger partial charge in [-0.25, -0.2) is 0 Å². The lowest BCUT2D eigenvalue weighted by molar-refractivity contribution is 0.317. The maximum absolute atomic E-state index is 5.52. The number of benzene rings is 1. The van der Waals surface area contributed by atoms with Crippen LogP contribution in [0.2, 0.25) is 0 Å². The van der Waals surface area contributed by atoms with Crippen LogP contribution in [-0.4, -0.2) is 6.61 Å². The Labute approximate surface area is 74.4 Å². The second-order valence-corrected chi connectivity index (χ2v) is 3.17. The van der Waals surface area contributed by atoms with Gasteiger partial charge < -0.3 is 4.74 Å². The van der Waals surface area contributed by atoms with Crippen LogP contribution in [-0.2, 0) is 0 Å². The number of rotatable bonds is 3. The lowest BCUT2D eigenvalue weighted by atomic mass is 10.1. The van der Waals surface area contributed by atoms with E-state index in [1.807, 2.05) is 0 Å². The minimum atomic E-state index is 0.808. The molecule has 0 saturated carbocycles. The zero-order valence-electron chi connectivity index (χ0n) is 8.05. The summed E-state index contributed by atoms with van der Waals surface area (Å²) in [7, 11) is 0. The van der Waals surface area contributed by atoms with Gasteiger partial charge in [0.2, 0.25) is 0 Å². The Hall–Kier alpha value is -0.980. The van der Waals surface area contributed by atoms with Gasteiger partial charge in [-0.05, 0) is 43.5 Å². The molecule has 0 aromatic heterocycles. The molecule has 0 radical (unpaired) electrons. The van der Waals surface area contributed by atoms with Crippen molar-refractivity contribution in [1.29, 1.82) is 0 Å². The number of ether oxygens (including phenoxy) is 1. The van der Waals surface area contributed by atoms with Crippen molar-refractivity contribution in [3.8, 4) is 5.75 Å². The first-order valence-electron chi connectivity index (χ1n) is 4.43. The van der Waals surface area contributed by atoms with E-state index >= 15 is 0 Å². The fourth-order valence-electron chi connectivity index (χ4n) is 1.24. The molecule has 66 valence electrons. The second kappa shape index (κ2) is 4.15. The van der Waals surface area contributed by atoms with Gasteiger partial charge in [0.1, 0.15) is 5.75 Å². The van der Waals surface area contributed by atoms with Crippen molar-refractivity contribution in [3.63, 3.8) is 0 Å². The summed E-state index contributed by atoms with van der Waals surface area (Å²) in [5, 5.41) is 0. The molecule has 1 heteroatoms. The molecule has 0 bridgehead atoms. The molecule has 0 unspecified atom stereocenters. The van der Waals surface area contributed by atoms with Crippen LogP contribution in [0, 0.1) is 13.8 Å². The molecule has 0 aliphatic rings. The molecule has 1 nitrogen and oxygen atoms in total. The van der Waals surface area contributed by atoms with Gasteiger partial charge in [-0.2, -0.15) is 0 Å². The van der Waals surface area contributed by atoms with E-state index in [1.165, 1.54) is 11.1 Å². The van der Waals surface area contributed by atoms with Crippen molar-refractivity contribution in [3.05, 3.63) is 29.3 Å². The molecule has 1 rings (SSSR count). The average molecular weight is 164 g/mol. The number of aryl methyl sites for hydroxylation is 2. The molecule has 0 fully saturated rings. The SMILES string of the molecule is CCCOc1cc(C)cc(C)c1. The minimum absolute atomic E-state index is 0.808. The monoisotopic (exact) mass is 164 g/mol. The quantitative estimate of drug-likeness (QED) is 0.667. The highest BCUT2D eigenvalue weighted by atomic mass is 16.5. The molecule has 0 heterocycles. The third-order valence-electron chi connectivity index (χ3n) is 1.67. The molecule has 0 amide bonds. The summed E-state index contributed by atoms with van der Waals surface area (Å²) in [6, 6.07) is 6.30. The van der Waals surface area contributed by atoms with Crippen LogP contribution in [0.25, 0.3) is 0 Å². The van der Waals surface area contributed by atoms with Crippen LogP contribution in [0.4, 0.5) is 0 Å². The highest BCUT2D eigenvalue weighted by molar-refractivity contribution is 5.32.